The molecule has 0 unspecified atom stereocenters. The van der Waals surface area contributed by atoms with Gasteiger partial charge in [0.15, 0.2) is 0 Å². The second-order valence-corrected chi connectivity index (χ2v) is 8.15. The number of carbonyl (C=O) groups excluding carboxylic acids is 1. The number of carbonyl (C=O) groups is 1. The van der Waals surface area contributed by atoms with Crippen LogP contribution in [0.25, 0.3) is 0 Å². The van der Waals surface area contributed by atoms with E-state index in [-0.39, 0.29) is 11.9 Å². The van der Waals surface area contributed by atoms with E-state index in [9.17, 15) is 4.79 Å². The molecular formula is C20H20ClN5OS. The molecule has 2 atom stereocenters. The van der Waals surface area contributed by atoms with Crippen molar-refractivity contribution in [1.29, 1.82) is 0 Å². The van der Waals surface area contributed by atoms with E-state index in [4.69, 9.17) is 11.6 Å². The SMILES string of the molecule is CCc1ccc(NC(=O)[C@H]2Sc3nnc(C)n3N[C@H]2c2ccc(Cl)cc2)cc1. The third-order valence-corrected chi connectivity index (χ3v) is 6.18. The number of benzene rings is 2. The molecule has 0 aliphatic carbocycles. The lowest BCUT2D eigenvalue weighted by molar-refractivity contribution is -0.116. The smallest absolute Gasteiger partial charge is 0.240 e. The van der Waals surface area contributed by atoms with Gasteiger partial charge >= 0.3 is 0 Å². The third-order valence-electron chi connectivity index (χ3n) is 4.72. The highest BCUT2D eigenvalue weighted by Gasteiger charge is 2.37. The first-order valence-electron chi connectivity index (χ1n) is 9.05. The maximum Gasteiger partial charge on any atom is 0.240 e. The summed E-state index contributed by atoms with van der Waals surface area (Å²) in [5.41, 5.74) is 6.36. The molecule has 1 aliphatic rings. The summed E-state index contributed by atoms with van der Waals surface area (Å²) in [6.45, 7) is 3.98. The number of anilines is 1. The molecule has 2 heterocycles. The molecule has 6 nitrogen and oxygen atoms in total. The number of rotatable bonds is 4. The molecule has 0 radical (unpaired) electrons. The number of aromatic nitrogens is 3. The molecule has 1 aromatic heterocycles. The largest absolute Gasteiger partial charge is 0.325 e. The molecule has 0 bridgehead atoms. The molecule has 8 heteroatoms. The first-order valence-corrected chi connectivity index (χ1v) is 10.3. The number of fused-ring (bicyclic) bond motifs is 1. The number of halogens is 1. The van der Waals surface area contributed by atoms with Gasteiger partial charge in [0, 0.05) is 10.7 Å². The van der Waals surface area contributed by atoms with Gasteiger partial charge in [-0.2, -0.15) is 0 Å². The molecule has 0 saturated carbocycles. The van der Waals surface area contributed by atoms with Crippen LogP contribution in [0.4, 0.5) is 5.69 Å². The molecule has 1 amide bonds. The molecule has 144 valence electrons. The van der Waals surface area contributed by atoms with Gasteiger partial charge in [-0.15, -0.1) is 10.2 Å². The van der Waals surface area contributed by atoms with Gasteiger partial charge in [0.25, 0.3) is 0 Å². The van der Waals surface area contributed by atoms with Crippen LogP contribution in [0.3, 0.4) is 0 Å². The number of hydrogen-bond donors (Lipinski definition) is 2. The van der Waals surface area contributed by atoms with Crippen LogP contribution in [0.15, 0.2) is 53.7 Å². The summed E-state index contributed by atoms with van der Waals surface area (Å²) >= 11 is 7.44. The molecule has 2 aromatic carbocycles. The van der Waals surface area contributed by atoms with E-state index in [1.807, 2.05) is 60.1 Å². The second kappa shape index (κ2) is 7.85. The Kier molecular flexibility index (Phi) is 5.28. The van der Waals surface area contributed by atoms with Crippen LogP contribution in [0, 0.1) is 6.92 Å². The summed E-state index contributed by atoms with van der Waals surface area (Å²) < 4.78 is 1.82. The first-order chi connectivity index (χ1) is 13.5. The minimum atomic E-state index is -0.414. The van der Waals surface area contributed by atoms with Crippen LogP contribution in [0.5, 0.6) is 0 Å². The number of amides is 1. The monoisotopic (exact) mass is 413 g/mol. The predicted molar refractivity (Wildman–Crippen MR) is 112 cm³/mol. The van der Waals surface area contributed by atoms with Crippen molar-refractivity contribution < 1.29 is 4.79 Å². The van der Waals surface area contributed by atoms with Gasteiger partial charge < -0.3 is 10.7 Å². The summed E-state index contributed by atoms with van der Waals surface area (Å²) in [6.07, 6.45) is 0.963. The lowest BCUT2D eigenvalue weighted by Crippen LogP contribution is -2.41. The van der Waals surface area contributed by atoms with Crippen LogP contribution in [0.1, 0.15) is 29.9 Å². The van der Waals surface area contributed by atoms with Crippen LogP contribution in [0.2, 0.25) is 5.02 Å². The van der Waals surface area contributed by atoms with Crippen molar-refractivity contribution in [3.8, 4) is 0 Å². The molecule has 0 fully saturated rings. The quantitative estimate of drug-likeness (QED) is 0.670. The fraction of sp³-hybridized carbons (Fsp3) is 0.250. The first kappa shape index (κ1) is 18.8. The van der Waals surface area contributed by atoms with E-state index < -0.39 is 5.25 Å². The number of hydrogen-bond acceptors (Lipinski definition) is 5. The minimum absolute atomic E-state index is 0.0893. The Morgan fingerprint density at radius 2 is 1.89 bits per heavy atom. The Morgan fingerprint density at radius 1 is 1.18 bits per heavy atom. The summed E-state index contributed by atoms with van der Waals surface area (Å²) in [6, 6.07) is 15.2. The molecule has 0 spiro atoms. The van der Waals surface area contributed by atoms with Gasteiger partial charge in [-0.05, 0) is 48.7 Å². The fourth-order valence-corrected chi connectivity index (χ4v) is 4.37. The molecule has 3 aromatic rings. The van der Waals surface area contributed by atoms with E-state index >= 15 is 0 Å². The van der Waals surface area contributed by atoms with Crippen molar-refractivity contribution in [1.82, 2.24) is 14.9 Å². The van der Waals surface area contributed by atoms with E-state index in [1.54, 1.807) is 0 Å². The summed E-state index contributed by atoms with van der Waals surface area (Å²) in [5, 5.41) is 12.2. The Bertz CT molecular complexity index is 987. The molecule has 0 saturated heterocycles. The lowest BCUT2D eigenvalue weighted by Gasteiger charge is -2.32. The predicted octanol–water partition coefficient (Wildman–Crippen LogP) is 4.20. The standard InChI is InChI=1S/C20H20ClN5OS/c1-3-13-4-10-16(11-5-13)22-19(27)18-17(14-6-8-15(21)9-7-14)25-26-12(2)23-24-20(26)28-18/h4-11,17-18,25H,3H2,1-2H3,(H,22,27)/t17-,18-/m0/s1. The van der Waals surface area contributed by atoms with E-state index in [0.29, 0.717) is 10.2 Å². The van der Waals surface area contributed by atoms with Crippen molar-refractivity contribution in [2.75, 3.05) is 10.7 Å². The zero-order valence-corrected chi connectivity index (χ0v) is 17.1. The summed E-state index contributed by atoms with van der Waals surface area (Å²) in [5.74, 6) is 0.657. The average molecular weight is 414 g/mol. The zero-order chi connectivity index (χ0) is 19.7. The number of nitrogens with one attached hydrogen (secondary N) is 2. The Morgan fingerprint density at radius 3 is 2.57 bits per heavy atom. The van der Waals surface area contributed by atoms with Gasteiger partial charge in [-0.25, -0.2) is 4.68 Å². The normalized spacial score (nSPS) is 18.2. The molecule has 4 rings (SSSR count). The average Bonchev–Trinajstić information content (AvgIpc) is 3.08. The van der Waals surface area contributed by atoms with Crippen molar-refractivity contribution in [2.24, 2.45) is 0 Å². The number of thioether (sulfide) groups is 1. The fourth-order valence-electron chi connectivity index (χ4n) is 3.12. The molecular weight excluding hydrogens is 394 g/mol. The van der Waals surface area contributed by atoms with Crippen molar-refractivity contribution in [2.45, 2.75) is 36.7 Å². The summed E-state index contributed by atoms with van der Waals surface area (Å²) in [4.78, 5) is 13.1. The van der Waals surface area contributed by atoms with Gasteiger partial charge in [0.1, 0.15) is 11.1 Å². The van der Waals surface area contributed by atoms with Crippen LogP contribution >= 0.6 is 23.4 Å². The van der Waals surface area contributed by atoms with Gasteiger partial charge in [-0.1, -0.05) is 54.6 Å². The van der Waals surface area contributed by atoms with E-state index in [0.717, 1.165) is 23.5 Å². The maximum absolute atomic E-state index is 13.1. The highest BCUT2D eigenvalue weighted by molar-refractivity contribution is 8.00. The maximum atomic E-state index is 13.1. The molecule has 1 aliphatic heterocycles. The topological polar surface area (TPSA) is 71.8 Å². The van der Waals surface area contributed by atoms with Gasteiger partial charge in [0.2, 0.25) is 11.1 Å². The van der Waals surface area contributed by atoms with Gasteiger partial charge in [-0.3, -0.25) is 4.79 Å². The van der Waals surface area contributed by atoms with E-state index in [2.05, 4.69) is 27.9 Å². The van der Waals surface area contributed by atoms with Crippen molar-refractivity contribution >= 4 is 35.0 Å². The highest BCUT2D eigenvalue weighted by Crippen LogP contribution is 2.37. The minimum Gasteiger partial charge on any atom is -0.325 e. The van der Waals surface area contributed by atoms with Crippen molar-refractivity contribution in [3.63, 3.8) is 0 Å². The lowest BCUT2D eigenvalue weighted by atomic mass is 10.0. The van der Waals surface area contributed by atoms with Crippen LogP contribution in [-0.2, 0) is 11.2 Å². The number of nitrogens with zero attached hydrogens (tertiary/aromatic N) is 3. The highest BCUT2D eigenvalue weighted by atomic mass is 35.5. The Labute approximate surface area is 172 Å². The second-order valence-electron chi connectivity index (χ2n) is 6.60. The zero-order valence-electron chi connectivity index (χ0n) is 15.5. The van der Waals surface area contributed by atoms with E-state index in [1.165, 1.54) is 17.3 Å². The van der Waals surface area contributed by atoms with Crippen LogP contribution in [-0.4, -0.2) is 26.0 Å². The van der Waals surface area contributed by atoms with Gasteiger partial charge in [0.05, 0.1) is 6.04 Å². The summed E-state index contributed by atoms with van der Waals surface area (Å²) in [7, 11) is 0. The third kappa shape index (κ3) is 3.72. The Hall–Kier alpha value is -2.51. The van der Waals surface area contributed by atoms with Crippen LogP contribution < -0.4 is 10.7 Å². The molecule has 2 N–H and O–H groups in total. The van der Waals surface area contributed by atoms with Crippen molar-refractivity contribution in [3.05, 3.63) is 70.5 Å². The Balaban J connectivity index is 1.62. The number of aryl methyl sites for hydroxylation is 2. The molecule has 28 heavy (non-hydrogen) atoms.